The molecule has 1 saturated heterocycles. The summed E-state index contributed by atoms with van der Waals surface area (Å²) in [5.41, 5.74) is 1.18. The van der Waals surface area contributed by atoms with Crippen LogP contribution in [0.1, 0.15) is 37.3 Å². The van der Waals surface area contributed by atoms with Crippen molar-refractivity contribution in [2.75, 3.05) is 16.8 Å². The van der Waals surface area contributed by atoms with E-state index in [1.54, 1.807) is 0 Å². The second-order valence-corrected chi connectivity index (χ2v) is 6.34. The molecule has 0 unspecified atom stereocenters. The van der Waals surface area contributed by atoms with Crippen LogP contribution in [0.3, 0.4) is 0 Å². The summed E-state index contributed by atoms with van der Waals surface area (Å²) < 4.78 is 0. The van der Waals surface area contributed by atoms with Crippen molar-refractivity contribution < 1.29 is 4.92 Å². The summed E-state index contributed by atoms with van der Waals surface area (Å²) in [7, 11) is 0. The third-order valence-electron chi connectivity index (χ3n) is 4.57. The zero-order chi connectivity index (χ0) is 16.5. The van der Waals surface area contributed by atoms with Crippen molar-refractivity contribution in [3.63, 3.8) is 0 Å². The van der Waals surface area contributed by atoms with Gasteiger partial charge in [-0.2, -0.15) is 4.98 Å². The van der Waals surface area contributed by atoms with Crippen molar-refractivity contribution in [2.45, 2.75) is 37.8 Å². The van der Waals surface area contributed by atoms with Gasteiger partial charge in [0.1, 0.15) is 6.20 Å². The molecule has 1 N–H and O–H groups in total. The highest BCUT2D eigenvalue weighted by Gasteiger charge is 2.31. The van der Waals surface area contributed by atoms with E-state index in [-0.39, 0.29) is 11.7 Å². The minimum absolute atomic E-state index is 0.0545. The number of hydrogen-bond acceptors (Lipinski definition) is 6. The Labute approximate surface area is 139 Å². The lowest BCUT2D eigenvalue weighted by Crippen LogP contribution is -2.25. The van der Waals surface area contributed by atoms with Gasteiger partial charge in [-0.1, -0.05) is 30.3 Å². The highest BCUT2D eigenvalue weighted by atomic mass is 16.6. The summed E-state index contributed by atoms with van der Waals surface area (Å²) in [5.74, 6) is 0.904. The van der Waals surface area contributed by atoms with Gasteiger partial charge in [-0.05, 0) is 31.2 Å². The molecule has 1 aromatic carbocycles. The fraction of sp³-hybridized carbons (Fsp3) is 0.412. The lowest BCUT2D eigenvalue weighted by Gasteiger charge is -2.25. The third kappa shape index (κ3) is 2.89. The van der Waals surface area contributed by atoms with Crippen LogP contribution in [0.4, 0.5) is 17.5 Å². The van der Waals surface area contributed by atoms with Gasteiger partial charge in [0.25, 0.3) is 0 Å². The Morgan fingerprint density at radius 2 is 2.00 bits per heavy atom. The van der Waals surface area contributed by atoms with Gasteiger partial charge in [-0.3, -0.25) is 10.1 Å². The lowest BCUT2D eigenvalue weighted by molar-refractivity contribution is -0.384. The molecule has 1 aliphatic heterocycles. The lowest BCUT2D eigenvalue weighted by atomic mass is 10.1. The molecule has 7 nitrogen and oxygen atoms in total. The Hall–Kier alpha value is -2.70. The normalized spacial score (nSPS) is 20.2. The SMILES string of the molecule is O=[N+]([O-])c1cnc(N2CCC[C@H]2c2ccccc2)nc1NC1CC1. The maximum atomic E-state index is 11.2. The quantitative estimate of drug-likeness (QED) is 0.671. The van der Waals surface area contributed by atoms with Gasteiger partial charge in [0.05, 0.1) is 11.0 Å². The Morgan fingerprint density at radius 3 is 2.71 bits per heavy atom. The average molecular weight is 325 g/mol. The molecule has 7 heteroatoms. The van der Waals surface area contributed by atoms with Gasteiger partial charge < -0.3 is 10.2 Å². The summed E-state index contributed by atoms with van der Waals surface area (Å²) in [6, 6.07) is 10.8. The third-order valence-corrected chi connectivity index (χ3v) is 4.57. The van der Waals surface area contributed by atoms with Gasteiger partial charge in [0.2, 0.25) is 11.8 Å². The molecule has 0 bridgehead atoms. The minimum atomic E-state index is -0.423. The molecule has 2 aromatic rings. The Balaban J connectivity index is 1.66. The van der Waals surface area contributed by atoms with Crippen LogP contribution >= 0.6 is 0 Å². The van der Waals surface area contributed by atoms with Crippen LogP contribution in [0.15, 0.2) is 36.5 Å². The summed E-state index contributed by atoms with van der Waals surface area (Å²) in [5, 5.41) is 14.4. The Bertz CT molecular complexity index is 748. The number of benzene rings is 1. The predicted octanol–water partition coefficient (Wildman–Crippen LogP) is 3.30. The van der Waals surface area contributed by atoms with Crippen molar-refractivity contribution in [1.82, 2.24) is 9.97 Å². The van der Waals surface area contributed by atoms with Crippen LogP contribution in [0.2, 0.25) is 0 Å². The molecular weight excluding hydrogens is 306 g/mol. The van der Waals surface area contributed by atoms with Crippen molar-refractivity contribution in [1.29, 1.82) is 0 Å². The van der Waals surface area contributed by atoms with E-state index in [9.17, 15) is 10.1 Å². The molecule has 2 aliphatic rings. The van der Waals surface area contributed by atoms with E-state index in [1.165, 1.54) is 11.8 Å². The number of aromatic nitrogens is 2. The number of hydrogen-bond donors (Lipinski definition) is 1. The molecule has 1 aromatic heterocycles. The van der Waals surface area contributed by atoms with Crippen LogP contribution in [0.25, 0.3) is 0 Å². The van der Waals surface area contributed by atoms with Crippen LogP contribution < -0.4 is 10.2 Å². The summed E-state index contributed by atoms with van der Waals surface area (Å²) in [6.07, 6.45) is 5.49. The number of rotatable bonds is 5. The second kappa shape index (κ2) is 6.07. The fourth-order valence-electron chi connectivity index (χ4n) is 3.19. The molecule has 1 aliphatic carbocycles. The van der Waals surface area contributed by atoms with Gasteiger partial charge in [-0.25, -0.2) is 4.98 Å². The zero-order valence-corrected chi connectivity index (χ0v) is 13.3. The molecule has 0 amide bonds. The van der Waals surface area contributed by atoms with E-state index in [1.807, 2.05) is 18.2 Å². The van der Waals surface area contributed by atoms with E-state index >= 15 is 0 Å². The molecule has 2 heterocycles. The molecule has 4 rings (SSSR count). The molecule has 0 radical (unpaired) electrons. The van der Waals surface area contributed by atoms with Gasteiger partial charge in [0.15, 0.2) is 0 Å². The van der Waals surface area contributed by atoms with E-state index in [2.05, 4.69) is 32.3 Å². The zero-order valence-electron chi connectivity index (χ0n) is 13.3. The average Bonchev–Trinajstić information content (AvgIpc) is 3.27. The first-order valence-electron chi connectivity index (χ1n) is 8.32. The van der Waals surface area contributed by atoms with Gasteiger partial charge in [-0.15, -0.1) is 0 Å². The standard InChI is InChI=1S/C17H19N5O2/c23-22(24)15-11-18-17(20-16(15)19-13-8-9-13)21-10-4-7-14(21)12-5-2-1-3-6-12/h1-3,5-6,11,13-14H,4,7-10H2,(H,18,19,20)/t14-/m0/s1. The smallest absolute Gasteiger partial charge is 0.329 e. The van der Waals surface area contributed by atoms with Crippen LogP contribution in [-0.2, 0) is 0 Å². The molecule has 1 atom stereocenters. The van der Waals surface area contributed by atoms with Crippen molar-refractivity contribution in [2.24, 2.45) is 0 Å². The number of nitro groups is 1. The maximum absolute atomic E-state index is 11.2. The first kappa shape index (κ1) is 14.9. The summed E-state index contributed by atoms with van der Waals surface area (Å²) in [4.78, 5) is 21.7. The monoisotopic (exact) mass is 325 g/mol. The van der Waals surface area contributed by atoms with E-state index in [0.717, 1.165) is 32.2 Å². The fourth-order valence-corrected chi connectivity index (χ4v) is 3.19. The Morgan fingerprint density at radius 1 is 1.21 bits per heavy atom. The molecule has 124 valence electrons. The van der Waals surface area contributed by atoms with E-state index < -0.39 is 4.92 Å². The van der Waals surface area contributed by atoms with Crippen LogP contribution in [-0.4, -0.2) is 27.5 Å². The van der Waals surface area contributed by atoms with Gasteiger partial charge in [0, 0.05) is 12.6 Å². The van der Waals surface area contributed by atoms with Crippen LogP contribution in [0.5, 0.6) is 0 Å². The molecule has 1 saturated carbocycles. The van der Waals surface area contributed by atoms with Crippen molar-refractivity contribution in [3.05, 3.63) is 52.2 Å². The first-order valence-corrected chi connectivity index (χ1v) is 8.32. The summed E-state index contributed by atoms with van der Waals surface area (Å²) >= 11 is 0. The Kier molecular flexibility index (Phi) is 3.76. The number of nitrogens with zero attached hydrogens (tertiary/aromatic N) is 4. The topological polar surface area (TPSA) is 84.2 Å². The molecule has 0 spiro atoms. The number of anilines is 2. The van der Waals surface area contributed by atoms with Gasteiger partial charge >= 0.3 is 5.69 Å². The van der Waals surface area contributed by atoms with Crippen molar-refractivity contribution in [3.8, 4) is 0 Å². The molecule has 2 fully saturated rings. The predicted molar refractivity (Wildman–Crippen MR) is 91.1 cm³/mol. The van der Waals surface area contributed by atoms with Crippen molar-refractivity contribution >= 4 is 17.5 Å². The molecular formula is C17H19N5O2. The first-order chi connectivity index (χ1) is 11.7. The largest absolute Gasteiger partial charge is 0.361 e. The highest BCUT2D eigenvalue weighted by molar-refractivity contribution is 5.59. The van der Waals surface area contributed by atoms with E-state index in [4.69, 9.17) is 0 Å². The number of nitrogens with one attached hydrogen (secondary N) is 1. The second-order valence-electron chi connectivity index (χ2n) is 6.34. The minimum Gasteiger partial charge on any atom is -0.361 e. The van der Waals surface area contributed by atoms with Crippen LogP contribution in [0, 0.1) is 10.1 Å². The molecule has 24 heavy (non-hydrogen) atoms. The summed E-state index contributed by atoms with van der Waals surface area (Å²) in [6.45, 7) is 0.861. The van der Waals surface area contributed by atoms with E-state index in [0.29, 0.717) is 17.8 Å². The maximum Gasteiger partial charge on any atom is 0.329 e. The highest BCUT2D eigenvalue weighted by Crippen LogP contribution is 2.36.